The van der Waals surface area contributed by atoms with Crippen molar-refractivity contribution < 1.29 is 22.3 Å². The van der Waals surface area contributed by atoms with Gasteiger partial charge in [-0.2, -0.15) is 0 Å². The monoisotopic (exact) mass is 498 g/mol. The van der Waals surface area contributed by atoms with E-state index in [0.717, 1.165) is 6.07 Å². The molecule has 1 aliphatic rings. The Morgan fingerprint density at radius 3 is 2.51 bits per heavy atom. The Labute approximate surface area is 201 Å². The number of aliphatic imine (C=N–C) groups is 1. The molecule has 0 bridgehead atoms. The normalized spacial score (nSPS) is 23.3. The van der Waals surface area contributed by atoms with Crippen molar-refractivity contribution in [3.63, 3.8) is 0 Å². The van der Waals surface area contributed by atoms with Gasteiger partial charge in [-0.3, -0.25) is 14.8 Å². The predicted molar refractivity (Wildman–Crippen MR) is 127 cm³/mol. The van der Waals surface area contributed by atoms with Crippen LogP contribution in [0.2, 0.25) is 0 Å². The van der Waals surface area contributed by atoms with Gasteiger partial charge in [0.15, 0.2) is 14.6 Å². The largest absolute Gasteiger partial charge is 0.480 e. The molecular weight excluding hydrogens is 475 g/mol. The van der Waals surface area contributed by atoms with Crippen LogP contribution in [0.5, 0.6) is 5.88 Å². The van der Waals surface area contributed by atoms with Gasteiger partial charge >= 0.3 is 0 Å². The van der Waals surface area contributed by atoms with Crippen molar-refractivity contribution in [2.75, 3.05) is 18.2 Å². The summed E-state index contributed by atoms with van der Waals surface area (Å²) in [4.78, 5) is 29.1. The number of amides is 1. The van der Waals surface area contributed by atoms with Crippen molar-refractivity contribution in [1.29, 1.82) is 0 Å². The maximum absolute atomic E-state index is 15.0. The second-order valence-electron chi connectivity index (χ2n) is 8.37. The third-order valence-corrected chi connectivity index (χ3v) is 8.58. The van der Waals surface area contributed by atoms with E-state index in [1.165, 1.54) is 51.7 Å². The predicted octanol–water partition coefficient (Wildman–Crippen LogP) is 2.19. The second-order valence-corrected chi connectivity index (χ2v) is 10.7. The van der Waals surface area contributed by atoms with E-state index in [0.29, 0.717) is 0 Å². The highest BCUT2D eigenvalue weighted by atomic mass is 32.2. The number of anilines is 1. The molecule has 0 saturated heterocycles. The van der Waals surface area contributed by atoms with E-state index < -0.39 is 37.6 Å². The lowest BCUT2D eigenvalue weighted by Crippen LogP contribution is -2.55. The van der Waals surface area contributed by atoms with Crippen molar-refractivity contribution in [2.45, 2.75) is 24.1 Å². The molecule has 3 aromatic rings. The molecule has 1 aromatic carbocycles. The van der Waals surface area contributed by atoms with Crippen LogP contribution in [-0.2, 0) is 20.1 Å². The first-order valence-electron chi connectivity index (χ1n) is 10.5. The van der Waals surface area contributed by atoms with Crippen LogP contribution in [0, 0.1) is 5.82 Å². The van der Waals surface area contributed by atoms with E-state index in [4.69, 9.17) is 10.5 Å². The van der Waals surface area contributed by atoms with Crippen LogP contribution in [-0.4, -0.2) is 48.0 Å². The third-order valence-electron chi connectivity index (χ3n) is 5.98. The van der Waals surface area contributed by atoms with Crippen LogP contribution in [0.1, 0.15) is 35.6 Å². The second kappa shape index (κ2) is 8.69. The molecule has 2 aromatic heterocycles. The Balaban J connectivity index is 1.71. The zero-order chi connectivity index (χ0) is 25.4. The summed E-state index contributed by atoms with van der Waals surface area (Å²) in [7, 11) is -2.57. The average Bonchev–Trinajstić information content (AvgIpc) is 2.83. The maximum Gasteiger partial charge on any atom is 0.275 e. The number of benzene rings is 1. The Morgan fingerprint density at radius 1 is 1.14 bits per heavy atom. The summed E-state index contributed by atoms with van der Waals surface area (Å²) in [6, 6.07) is 8.68. The van der Waals surface area contributed by atoms with Gasteiger partial charge in [0.1, 0.15) is 22.9 Å². The van der Waals surface area contributed by atoms with Gasteiger partial charge in [0.2, 0.25) is 5.88 Å². The summed E-state index contributed by atoms with van der Waals surface area (Å²) in [5, 5.41) is 2.61. The zero-order valence-corrected chi connectivity index (χ0v) is 20.0. The molecule has 1 aliphatic heterocycles. The fourth-order valence-electron chi connectivity index (χ4n) is 3.90. The molecule has 0 aliphatic carbocycles. The van der Waals surface area contributed by atoms with E-state index in [-0.39, 0.29) is 34.4 Å². The van der Waals surface area contributed by atoms with Crippen molar-refractivity contribution >= 4 is 27.3 Å². The molecule has 10 nitrogen and oxygen atoms in total. The first-order valence-corrected chi connectivity index (χ1v) is 12.1. The quantitative estimate of drug-likeness (QED) is 0.544. The summed E-state index contributed by atoms with van der Waals surface area (Å²) >= 11 is 0. The van der Waals surface area contributed by atoms with Gasteiger partial charge in [-0.1, -0.05) is 6.07 Å². The van der Waals surface area contributed by atoms with Gasteiger partial charge in [0.05, 0.1) is 31.0 Å². The Kier molecular flexibility index (Phi) is 6.01. The van der Waals surface area contributed by atoms with Gasteiger partial charge in [-0.05, 0) is 44.2 Å². The fraction of sp³-hybridized carbons (Fsp3) is 0.261. The molecule has 0 fully saturated rings. The lowest BCUT2D eigenvalue weighted by Gasteiger charge is -2.39. The van der Waals surface area contributed by atoms with Crippen molar-refractivity contribution in [1.82, 2.24) is 15.0 Å². The smallest absolute Gasteiger partial charge is 0.275 e. The number of ether oxygens (including phenoxy) is 1. The van der Waals surface area contributed by atoms with E-state index in [1.54, 1.807) is 18.2 Å². The Morgan fingerprint density at radius 2 is 1.91 bits per heavy atom. The minimum absolute atomic E-state index is 0.0107. The zero-order valence-electron chi connectivity index (χ0n) is 19.2. The number of methoxy groups -OCH3 is 1. The molecule has 1 amide bonds. The number of halogens is 1. The summed E-state index contributed by atoms with van der Waals surface area (Å²) in [5.41, 5.74) is 5.09. The molecule has 35 heavy (non-hydrogen) atoms. The fourth-order valence-corrected chi connectivity index (χ4v) is 5.95. The molecule has 4 rings (SSSR count). The van der Waals surface area contributed by atoms with Crippen molar-refractivity contribution in [3.8, 4) is 5.88 Å². The number of carbonyl (C=O) groups excluding carboxylic acids is 1. The molecule has 3 N–H and O–H groups in total. The number of hydrogen-bond donors (Lipinski definition) is 2. The number of carbonyl (C=O) groups is 1. The molecule has 0 spiro atoms. The van der Waals surface area contributed by atoms with Crippen molar-refractivity contribution in [2.24, 2.45) is 10.7 Å². The summed E-state index contributed by atoms with van der Waals surface area (Å²) in [6.07, 6.45) is 3.99. The highest BCUT2D eigenvalue weighted by Crippen LogP contribution is 2.42. The molecule has 0 saturated carbocycles. The number of amidine groups is 1. The van der Waals surface area contributed by atoms with Gasteiger partial charge in [0, 0.05) is 17.4 Å². The molecule has 0 unspecified atom stereocenters. The number of sulfone groups is 1. The van der Waals surface area contributed by atoms with Crippen LogP contribution in [0.3, 0.4) is 0 Å². The van der Waals surface area contributed by atoms with Gasteiger partial charge < -0.3 is 15.8 Å². The van der Waals surface area contributed by atoms with Crippen molar-refractivity contribution in [3.05, 3.63) is 77.8 Å². The number of pyridine rings is 1. The first kappa shape index (κ1) is 24.2. The topological polar surface area (TPSA) is 150 Å². The number of rotatable bonds is 5. The van der Waals surface area contributed by atoms with E-state index in [1.807, 2.05) is 0 Å². The Hall–Kier alpha value is -3.93. The molecule has 182 valence electrons. The lowest BCUT2D eigenvalue weighted by molar-refractivity contribution is 0.102. The number of aromatic nitrogens is 3. The van der Waals surface area contributed by atoms with Crippen LogP contribution >= 0.6 is 0 Å². The molecule has 0 radical (unpaired) electrons. The molecule has 12 heteroatoms. The Bertz CT molecular complexity index is 1420. The highest BCUT2D eigenvalue weighted by Gasteiger charge is 2.54. The van der Waals surface area contributed by atoms with Crippen LogP contribution in [0.15, 0.2) is 60.0 Å². The summed E-state index contributed by atoms with van der Waals surface area (Å²) < 4.78 is 45.2. The average molecular weight is 499 g/mol. The van der Waals surface area contributed by atoms with E-state index in [9.17, 15) is 17.6 Å². The number of nitrogens with zero attached hydrogens (tertiary/aromatic N) is 4. The number of nitrogens with one attached hydrogen (secondary N) is 1. The SMILES string of the molecule is COc1cnc(C(=O)Nc2ccc(F)c([C@]3(C)CS(=O)(=O)[C@](C)(c4ccccn4)C(N)=N3)c2)cn1. The first-order chi connectivity index (χ1) is 16.5. The molecule has 2 atom stereocenters. The minimum Gasteiger partial charge on any atom is -0.480 e. The third kappa shape index (κ3) is 4.20. The lowest BCUT2D eigenvalue weighted by atomic mass is 9.92. The van der Waals surface area contributed by atoms with Gasteiger partial charge in [-0.15, -0.1) is 0 Å². The van der Waals surface area contributed by atoms with E-state index >= 15 is 0 Å². The highest BCUT2D eigenvalue weighted by molar-refractivity contribution is 7.93. The summed E-state index contributed by atoms with van der Waals surface area (Å²) in [5.74, 6) is -1.77. The molecular formula is C23H23FN6O4S. The van der Waals surface area contributed by atoms with Gasteiger partial charge in [0.25, 0.3) is 5.91 Å². The van der Waals surface area contributed by atoms with Crippen LogP contribution in [0.4, 0.5) is 10.1 Å². The maximum atomic E-state index is 15.0. The summed E-state index contributed by atoms with van der Waals surface area (Å²) in [6.45, 7) is 2.92. The number of hydrogen-bond acceptors (Lipinski definition) is 9. The van der Waals surface area contributed by atoms with E-state index in [2.05, 4.69) is 25.3 Å². The van der Waals surface area contributed by atoms with Gasteiger partial charge in [-0.25, -0.2) is 22.8 Å². The number of nitrogens with two attached hydrogens (primary N) is 1. The van der Waals surface area contributed by atoms with Crippen LogP contribution < -0.4 is 15.8 Å². The minimum atomic E-state index is -3.99. The van der Waals surface area contributed by atoms with Crippen LogP contribution in [0.25, 0.3) is 0 Å². The standard InChI is InChI=1S/C23H23FN6O4S/c1-22(13-35(32,33)23(2,21(25)30-22)18-6-4-5-9-26-18)15-10-14(7-8-16(15)24)29-20(31)17-11-28-19(34-3)12-27-17/h4-12H,13H2,1-3H3,(H2,25,30)(H,29,31)/t22-,23+/m0/s1. The molecule has 3 heterocycles.